The van der Waals surface area contributed by atoms with E-state index < -0.39 is 0 Å². The molecule has 1 fully saturated rings. The maximum absolute atomic E-state index is 12.6. The van der Waals surface area contributed by atoms with Gasteiger partial charge in [0, 0.05) is 24.2 Å². The van der Waals surface area contributed by atoms with Crippen molar-refractivity contribution in [3.05, 3.63) is 39.3 Å². The minimum atomic E-state index is -0.0196. The van der Waals surface area contributed by atoms with Gasteiger partial charge in [-0.1, -0.05) is 6.07 Å². The Morgan fingerprint density at radius 1 is 1.39 bits per heavy atom. The van der Waals surface area contributed by atoms with Gasteiger partial charge in [-0.2, -0.15) is 5.10 Å². The first-order valence-electron chi connectivity index (χ1n) is 8.13. The molecule has 6 heteroatoms. The molecule has 0 aromatic carbocycles. The monoisotopic (exact) mass is 332 g/mol. The minimum absolute atomic E-state index is 0.0196. The van der Waals surface area contributed by atoms with Crippen molar-refractivity contribution in [3.63, 3.8) is 0 Å². The van der Waals surface area contributed by atoms with E-state index in [1.54, 1.807) is 16.0 Å². The van der Waals surface area contributed by atoms with Crippen LogP contribution in [0.1, 0.15) is 45.5 Å². The largest absolute Gasteiger partial charge is 0.350 e. The summed E-state index contributed by atoms with van der Waals surface area (Å²) in [5, 5.41) is 9.57. The minimum Gasteiger partial charge on any atom is -0.350 e. The average Bonchev–Trinajstić information content (AvgIpc) is 3.24. The van der Waals surface area contributed by atoms with Crippen molar-refractivity contribution >= 4 is 17.2 Å². The van der Waals surface area contributed by atoms with Gasteiger partial charge in [-0.15, -0.1) is 11.3 Å². The Bertz CT molecular complexity index is 671. The van der Waals surface area contributed by atoms with Crippen molar-refractivity contribution < 1.29 is 4.79 Å². The number of thiophene rings is 1. The van der Waals surface area contributed by atoms with E-state index in [1.165, 1.54) is 17.7 Å². The van der Waals surface area contributed by atoms with E-state index in [1.807, 2.05) is 20.9 Å². The molecule has 0 radical (unpaired) electrons. The highest BCUT2D eigenvalue weighted by Crippen LogP contribution is 2.28. The highest BCUT2D eigenvalue weighted by atomic mass is 32.1. The Hall–Kier alpha value is -1.66. The van der Waals surface area contributed by atoms with E-state index >= 15 is 0 Å². The molecular weight excluding hydrogens is 308 g/mol. The third-order valence-corrected chi connectivity index (χ3v) is 5.62. The lowest BCUT2D eigenvalue weighted by Gasteiger charge is -2.27. The van der Waals surface area contributed by atoms with Crippen LogP contribution < -0.4 is 5.32 Å². The van der Waals surface area contributed by atoms with E-state index in [9.17, 15) is 4.79 Å². The van der Waals surface area contributed by atoms with Crippen molar-refractivity contribution in [1.29, 1.82) is 0 Å². The summed E-state index contributed by atoms with van der Waals surface area (Å²) >= 11 is 1.77. The molecule has 1 aliphatic rings. The number of nitrogens with one attached hydrogen (secondary N) is 1. The summed E-state index contributed by atoms with van der Waals surface area (Å²) in [5.41, 5.74) is 2.41. The van der Waals surface area contributed by atoms with Gasteiger partial charge in [-0.3, -0.25) is 14.4 Å². The lowest BCUT2D eigenvalue weighted by atomic mass is 10.1. The number of likely N-dealkylation sites (tertiary alicyclic amines) is 1. The molecule has 2 aromatic rings. The fourth-order valence-corrected chi connectivity index (χ4v) is 4.18. The third-order valence-electron chi connectivity index (χ3n) is 4.65. The molecule has 5 nitrogen and oxygen atoms in total. The number of carbonyl (C=O) groups is 1. The van der Waals surface area contributed by atoms with Crippen molar-refractivity contribution in [1.82, 2.24) is 20.0 Å². The van der Waals surface area contributed by atoms with Gasteiger partial charge in [0.1, 0.15) is 0 Å². The molecule has 0 aliphatic carbocycles. The highest BCUT2D eigenvalue weighted by molar-refractivity contribution is 7.10. The molecule has 3 rings (SSSR count). The summed E-state index contributed by atoms with van der Waals surface area (Å²) in [6.07, 6.45) is 2.49. The maximum atomic E-state index is 12.6. The molecule has 1 aliphatic heterocycles. The van der Waals surface area contributed by atoms with Gasteiger partial charge >= 0.3 is 0 Å². The predicted octanol–water partition coefficient (Wildman–Crippen LogP) is 2.67. The molecule has 1 N–H and O–H groups in total. The van der Waals surface area contributed by atoms with Crippen molar-refractivity contribution in [3.8, 4) is 0 Å². The fraction of sp³-hybridized carbons (Fsp3) is 0.529. The number of aromatic nitrogens is 2. The molecule has 0 bridgehead atoms. The molecule has 2 aromatic heterocycles. The van der Waals surface area contributed by atoms with E-state index in [0.29, 0.717) is 12.1 Å². The molecule has 1 unspecified atom stereocenters. The van der Waals surface area contributed by atoms with Crippen LogP contribution in [0.3, 0.4) is 0 Å². The quantitative estimate of drug-likeness (QED) is 0.916. The van der Waals surface area contributed by atoms with Crippen LogP contribution in [0.5, 0.6) is 0 Å². The van der Waals surface area contributed by atoms with E-state index in [4.69, 9.17) is 0 Å². The van der Waals surface area contributed by atoms with Gasteiger partial charge in [0.05, 0.1) is 17.3 Å². The van der Waals surface area contributed by atoms with Crippen LogP contribution in [0.2, 0.25) is 0 Å². The van der Waals surface area contributed by atoms with Crippen LogP contribution >= 0.6 is 11.3 Å². The SMILES string of the molecule is Cc1nn(C)c(C)c1C(=O)NCC(c1cccs1)N1CCCC1. The summed E-state index contributed by atoms with van der Waals surface area (Å²) in [5.74, 6) is -0.0196. The molecular formula is C17H24N4OS. The van der Waals surface area contributed by atoms with Gasteiger partial charge in [0.15, 0.2) is 0 Å². The van der Waals surface area contributed by atoms with E-state index in [-0.39, 0.29) is 11.9 Å². The first-order chi connectivity index (χ1) is 11.1. The van der Waals surface area contributed by atoms with Crippen LogP contribution in [0.25, 0.3) is 0 Å². The number of rotatable bonds is 5. The third kappa shape index (κ3) is 3.33. The van der Waals surface area contributed by atoms with Gasteiger partial charge < -0.3 is 5.32 Å². The Kier molecular flexibility index (Phi) is 4.82. The summed E-state index contributed by atoms with van der Waals surface area (Å²) in [4.78, 5) is 16.4. The summed E-state index contributed by atoms with van der Waals surface area (Å²) < 4.78 is 1.77. The van der Waals surface area contributed by atoms with E-state index in [0.717, 1.165) is 24.5 Å². The van der Waals surface area contributed by atoms with Crippen LogP contribution in [0.4, 0.5) is 0 Å². The second-order valence-electron chi connectivity index (χ2n) is 6.15. The molecule has 0 spiro atoms. The standard InChI is InChI=1S/C17H24N4OS/c1-12-16(13(2)20(3)19-12)17(22)18-11-14(15-7-6-10-23-15)21-8-4-5-9-21/h6-7,10,14H,4-5,8-9,11H2,1-3H3,(H,18,22). The molecule has 1 amide bonds. The molecule has 124 valence electrons. The van der Waals surface area contributed by atoms with Crippen LogP contribution in [0, 0.1) is 13.8 Å². The predicted molar refractivity (Wildman–Crippen MR) is 92.9 cm³/mol. The van der Waals surface area contributed by atoms with Gasteiger partial charge in [0.2, 0.25) is 0 Å². The van der Waals surface area contributed by atoms with Crippen molar-refractivity contribution in [2.45, 2.75) is 32.7 Å². The number of aryl methyl sites for hydroxylation is 2. The number of hydrogen-bond acceptors (Lipinski definition) is 4. The summed E-state index contributed by atoms with van der Waals surface area (Å²) in [6.45, 7) is 6.70. The molecule has 1 saturated heterocycles. The summed E-state index contributed by atoms with van der Waals surface area (Å²) in [7, 11) is 1.87. The number of nitrogens with zero attached hydrogens (tertiary/aromatic N) is 3. The topological polar surface area (TPSA) is 50.2 Å². The Labute approximate surface area is 141 Å². The molecule has 0 saturated carbocycles. The zero-order valence-electron chi connectivity index (χ0n) is 14.0. The number of amides is 1. The summed E-state index contributed by atoms with van der Waals surface area (Å²) in [6, 6.07) is 4.53. The van der Waals surface area contributed by atoms with Gasteiger partial charge in [-0.05, 0) is 51.2 Å². The lowest BCUT2D eigenvalue weighted by Crippen LogP contribution is -2.36. The highest BCUT2D eigenvalue weighted by Gasteiger charge is 2.25. The second kappa shape index (κ2) is 6.84. The van der Waals surface area contributed by atoms with E-state index in [2.05, 4.69) is 32.8 Å². The Balaban J connectivity index is 1.72. The van der Waals surface area contributed by atoms with Crippen LogP contribution in [0.15, 0.2) is 17.5 Å². The van der Waals surface area contributed by atoms with Crippen LogP contribution in [-0.4, -0.2) is 40.2 Å². The van der Waals surface area contributed by atoms with Crippen LogP contribution in [-0.2, 0) is 7.05 Å². The lowest BCUT2D eigenvalue weighted by molar-refractivity contribution is 0.0937. The Morgan fingerprint density at radius 3 is 2.70 bits per heavy atom. The average molecular weight is 332 g/mol. The molecule has 3 heterocycles. The number of carbonyl (C=O) groups excluding carboxylic acids is 1. The van der Waals surface area contributed by atoms with Gasteiger partial charge in [0.25, 0.3) is 5.91 Å². The zero-order valence-corrected chi connectivity index (χ0v) is 14.8. The first-order valence-corrected chi connectivity index (χ1v) is 9.01. The number of hydrogen-bond donors (Lipinski definition) is 1. The van der Waals surface area contributed by atoms with Crippen molar-refractivity contribution in [2.75, 3.05) is 19.6 Å². The normalized spacial score (nSPS) is 16.7. The van der Waals surface area contributed by atoms with Gasteiger partial charge in [-0.25, -0.2) is 0 Å². The fourth-order valence-electron chi connectivity index (χ4n) is 3.32. The van der Waals surface area contributed by atoms with Crippen molar-refractivity contribution in [2.24, 2.45) is 7.05 Å². The first kappa shape index (κ1) is 16.2. The molecule has 23 heavy (non-hydrogen) atoms. The maximum Gasteiger partial charge on any atom is 0.255 e. The zero-order chi connectivity index (χ0) is 16.4. The second-order valence-corrected chi connectivity index (χ2v) is 7.13. The smallest absolute Gasteiger partial charge is 0.255 e. The molecule has 1 atom stereocenters. The Morgan fingerprint density at radius 2 is 2.13 bits per heavy atom.